The summed E-state index contributed by atoms with van der Waals surface area (Å²) in [5.41, 5.74) is -0.218. The van der Waals surface area contributed by atoms with Gasteiger partial charge in [0.15, 0.2) is 0 Å². The summed E-state index contributed by atoms with van der Waals surface area (Å²) >= 11 is 0. The van der Waals surface area contributed by atoms with Crippen LogP contribution in [-0.4, -0.2) is 9.55 Å². The predicted molar refractivity (Wildman–Crippen MR) is 48.7 cm³/mol. The SMILES string of the molecule is CCCn1cc[c-]nc1=O.[CH2-]C.[Y]. The zero-order valence-corrected chi connectivity index (χ0v) is 11.0. The van der Waals surface area contributed by atoms with E-state index in [9.17, 15) is 4.79 Å². The first-order valence-corrected chi connectivity index (χ1v) is 3.99. The summed E-state index contributed by atoms with van der Waals surface area (Å²) < 4.78 is 1.57. The van der Waals surface area contributed by atoms with Gasteiger partial charge in [-0.2, -0.15) is 6.92 Å². The molecule has 0 spiro atoms. The Bertz CT molecular complexity index is 260. The summed E-state index contributed by atoms with van der Waals surface area (Å²) in [6.07, 6.45) is 5.12. The van der Waals surface area contributed by atoms with Crippen molar-refractivity contribution < 1.29 is 32.7 Å². The Labute approximate surface area is 104 Å². The van der Waals surface area contributed by atoms with E-state index in [2.05, 4.69) is 18.1 Å². The fourth-order valence-electron chi connectivity index (χ4n) is 0.755. The first kappa shape index (κ1) is 15.5. The normalized spacial score (nSPS) is 7.92. The molecule has 0 amide bonds. The van der Waals surface area contributed by atoms with Crippen molar-refractivity contribution in [3.8, 4) is 0 Å². The van der Waals surface area contributed by atoms with Crippen molar-refractivity contribution in [2.75, 3.05) is 0 Å². The van der Waals surface area contributed by atoms with Crippen LogP contribution in [0.2, 0.25) is 0 Å². The van der Waals surface area contributed by atoms with Crippen LogP contribution in [0.3, 0.4) is 0 Å². The van der Waals surface area contributed by atoms with Gasteiger partial charge in [0.05, 0.1) is 0 Å². The Hall–Kier alpha value is -0.0161. The molecule has 0 aliphatic heterocycles. The van der Waals surface area contributed by atoms with Gasteiger partial charge < -0.3 is 21.3 Å². The second-order valence-corrected chi connectivity index (χ2v) is 2.03. The van der Waals surface area contributed by atoms with Crippen LogP contribution in [0.5, 0.6) is 0 Å². The summed E-state index contributed by atoms with van der Waals surface area (Å²) in [6, 6.07) is 1.64. The summed E-state index contributed by atoms with van der Waals surface area (Å²) in [5.74, 6) is 0. The molecule has 1 aromatic rings. The third-order valence-electron chi connectivity index (χ3n) is 1.20. The minimum absolute atomic E-state index is 0. The van der Waals surface area contributed by atoms with Crippen LogP contribution in [0.1, 0.15) is 20.3 Å². The van der Waals surface area contributed by atoms with Crippen molar-refractivity contribution in [1.29, 1.82) is 0 Å². The van der Waals surface area contributed by atoms with Gasteiger partial charge in [-0.05, 0) is 6.42 Å². The van der Waals surface area contributed by atoms with Crippen molar-refractivity contribution in [1.82, 2.24) is 9.55 Å². The average Bonchev–Trinajstić information content (AvgIpc) is 2.13. The largest absolute Gasteiger partial charge is 0.405 e. The zero-order chi connectivity index (χ0) is 9.40. The second-order valence-electron chi connectivity index (χ2n) is 2.03. The minimum Gasteiger partial charge on any atom is -0.405 e. The Balaban J connectivity index is 0. The zero-order valence-electron chi connectivity index (χ0n) is 8.16. The quantitative estimate of drug-likeness (QED) is 0.746. The Kier molecular flexibility index (Phi) is 12.0. The smallest absolute Gasteiger partial charge is 0.229 e. The first-order chi connectivity index (χ1) is 5.84. The number of nitrogens with zero attached hydrogens (tertiary/aromatic N) is 2. The van der Waals surface area contributed by atoms with E-state index in [4.69, 9.17) is 0 Å². The van der Waals surface area contributed by atoms with Gasteiger partial charge >= 0.3 is 0 Å². The topological polar surface area (TPSA) is 34.9 Å². The molecule has 0 bridgehead atoms. The summed E-state index contributed by atoms with van der Waals surface area (Å²) in [5, 5.41) is 0. The van der Waals surface area contributed by atoms with Crippen molar-refractivity contribution >= 4 is 0 Å². The Morgan fingerprint density at radius 2 is 2.23 bits per heavy atom. The van der Waals surface area contributed by atoms with Crippen LogP contribution in [-0.2, 0) is 39.3 Å². The van der Waals surface area contributed by atoms with E-state index in [1.54, 1.807) is 23.8 Å². The van der Waals surface area contributed by atoms with Crippen molar-refractivity contribution in [3.05, 3.63) is 35.9 Å². The first-order valence-electron chi connectivity index (χ1n) is 3.99. The molecule has 0 saturated carbocycles. The summed E-state index contributed by atoms with van der Waals surface area (Å²) in [4.78, 5) is 14.3. The van der Waals surface area contributed by atoms with Gasteiger partial charge in [-0.15, -0.1) is 6.07 Å². The number of aryl methyl sites for hydroxylation is 1. The number of hydrogen-bond acceptors (Lipinski definition) is 2. The molecule has 0 aromatic carbocycles. The maximum atomic E-state index is 10.8. The van der Waals surface area contributed by atoms with E-state index in [0.29, 0.717) is 0 Å². The van der Waals surface area contributed by atoms with Crippen LogP contribution in [0.15, 0.2) is 17.1 Å². The van der Waals surface area contributed by atoms with Crippen molar-refractivity contribution in [2.45, 2.75) is 26.8 Å². The number of aromatic nitrogens is 2. The van der Waals surface area contributed by atoms with Crippen LogP contribution in [0.4, 0.5) is 0 Å². The third kappa shape index (κ3) is 6.11. The molecular weight excluding hydrogens is 241 g/mol. The fourth-order valence-corrected chi connectivity index (χ4v) is 0.755. The maximum absolute atomic E-state index is 10.8. The molecule has 4 heteroatoms. The van der Waals surface area contributed by atoms with E-state index in [-0.39, 0.29) is 38.4 Å². The van der Waals surface area contributed by atoms with Gasteiger partial charge in [-0.3, -0.25) is 0 Å². The van der Waals surface area contributed by atoms with E-state index >= 15 is 0 Å². The molecule has 0 fully saturated rings. The van der Waals surface area contributed by atoms with Crippen molar-refractivity contribution in [3.63, 3.8) is 0 Å². The summed E-state index contributed by atoms with van der Waals surface area (Å²) in [7, 11) is 0. The molecule has 1 aromatic heterocycles. The second kappa shape index (κ2) is 10.1. The van der Waals surface area contributed by atoms with Gasteiger partial charge in [0.25, 0.3) is 0 Å². The minimum atomic E-state index is -0.218. The number of rotatable bonds is 2. The van der Waals surface area contributed by atoms with Gasteiger partial charge in [0.2, 0.25) is 5.69 Å². The fraction of sp³-hybridized carbons (Fsp3) is 0.444. The Morgan fingerprint density at radius 1 is 1.62 bits per heavy atom. The van der Waals surface area contributed by atoms with Gasteiger partial charge in [-0.25, -0.2) is 0 Å². The van der Waals surface area contributed by atoms with Crippen LogP contribution >= 0.6 is 0 Å². The third-order valence-corrected chi connectivity index (χ3v) is 1.20. The predicted octanol–water partition coefficient (Wildman–Crippen LogP) is 1.29. The van der Waals surface area contributed by atoms with Crippen molar-refractivity contribution in [2.24, 2.45) is 0 Å². The molecule has 0 aliphatic rings. The average molecular weight is 255 g/mol. The molecule has 0 N–H and O–H groups in total. The van der Waals surface area contributed by atoms with Gasteiger partial charge in [0, 0.05) is 39.3 Å². The van der Waals surface area contributed by atoms with E-state index < -0.39 is 0 Å². The maximum Gasteiger partial charge on any atom is 0.229 e. The standard InChI is InChI=1S/C7H9N2O.C2H5.Y/c1-2-5-9-6-3-4-8-7(9)10;1-2;/h3,6H,2,5H2,1H3;1H2,2H3;/q2*-1;. The molecule has 1 radical (unpaired) electrons. The molecule has 71 valence electrons. The monoisotopic (exact) mass is 255 g/mol. The number of hydrogen-bond donors (Lipinski definition) is 0. The van der Waals surface area contributed by atoms with Crippen LogP contribution in [0.25, 0.3) is 0 Å². The van der Waals surface area contributed by atoms with Gasteiger partial charge in [0.1, 0.15) is 0 Å². The Morgan fingerprint density at radius 3 is 2.69 bits per heavy atom. The van der Waals surface area contributed by atoms with Crippen LogP contribution < -0.4 is 5.69 Å². The van der Waals surface area contributed by atoms with Crippen LogP contribution in [0, 0.1) is 13.1 Å². The molecule has 3 nitrogen and oxygen atoms in total. The van der Waals surface area contributed by atoms with E-state index in [0.717, 1.165) is 13.0 Å². The van der Waals surface area contributed by atoms with Gasteiger partial charge in [-0.1, -0.05) is 19.3 Å². The molecule has 1 rings (SSSR count). The molecule has 1 heterocycles. The van der Waals surface area contributed by atoms with E-state index in [1.165, 1.54) is 0 Å². The molecular formula is C9H14N2OY-2. The molecule has 0 unspecified atom stereocenters. The van der Waals surface area contributed by atoms with E-state index in [1.807, 2.05) is 6.92 Å². The molecule has 0 saturated heterocycles. The molecule has 0 atom stereocenters. The summed E-state index contributed by atoms with van der Waals surface area (Å²) in [6.45, 7) is 7.75. The molecule has 0 aliphatic carbocycles. The molecule has 13 heavy (non-hydrogen) atoms.